The smallest absolute Gasteiger partial charge is 0.267 e. The van der Waals surface area contributed by atoms with Crippen LogP contribution in [0.3, 0.4) is 0 Å². The van der Waals surface area contributed by atoms with Gasteiger partial charge in [-0.2, -0.15) is 0 Å². The number of hydrogen-bond acceptors (Lipinski definition) is 5. The summed E-state index contributed by atoms with van der Waals surface area (Å²) in [5, 5.41) is 3.61. The molecule has 3 N–H and O–H groups in total. The van der Waals surface area contributed by atoms with Gasteiger partial charge in [0.1, 0.15) is 10.4 Å². The largest absolute Gasteiger partial charge is 0.397 e. The molecule has 1 fully saturated rings. The molecule has 0 aliphatic carbocycles. The zero-order valence-corrected chi connectivity index (χ0v) is 12.7. The first-order valence-corrected chi connectivity index (χ1v) is 7.47. The second-order valence-electron chi connectivity index (χ2n) is 5.49. The molecule has 3 heterocycles. The zero-order valence-electron chi connectivity index (χ0n) is 11.8. The van der Waals surface area contributed by atoms with Crippen molar-refractivity contribution in [1.82, 2.24) is 15.2 Å². The topological polar surface area (TPSA) is 88.3 Å². The molecule has 0 saturated carbocycles. The first-order chi connectivity index (χ1) is 9.93. The third kappa shape index (κ3) is 2.04. The fourth-order valence-corrected chi connectivity index (χ4v) is 3.55. The summed E-state index contributed by atoms with van der Waals surface area (Å²) < 4.78 is 0.873. The number of anilines is 1. The van der Waals surface area contributed by atoms with Gasteiger partial charge >= 0.3 is 0 Å². The molecular formula is C14H16N4O2S. The van der Waals surface area contributed by atoms with E-state index in [9.17, 15) is 9.59 Å². The SMILES string of the molecule is CC1(C)C(=O)NCCN1C(=O)c1sc2cnccc2c1N. The van der Waals surface area contributed by atoms with Crippen LogP contribution in [-0.2, 0) is 4.79 Å². The maximum absolute atomic E-state index is 12.8. The Bertz CT molecular complexity index is 738. The van der Waals surface area contributed by atoms with Gasteiger partial charge in [-0.3, -0.25) is 14.6 Å². The van der Waals surface area contributed by atoms with Crippen molar-refractivity contribution in [1.29, 1.82) is 0 Å². The summed E-state index contributed by atoms with van der Waals surface area (Å²) in [6.45, 7) is 4.42. The standard InChI is InChI=1S/C14H16N4O2S/c1-14(2)13(20)17-5-6-18(14)12(19)11-10(15)8-3-4-16-7-9(8)21-11/h3-4,7H,5-6,15H2,1-2H3,(H,17,20). The monoisotopic (exact) mass is 304 g/mol. The Balaban J connectivity index is 2.04. The fourth-order valence-electron chi connectivity index (χ4n) is 2.51. The molecule has 0 bridgehead atoms. The highest BCUT2D eigenvalue weighted by Gasteiger charge is 2.41. The molecule has 0 atom stereocenters. The van der Waals surface area contributed by atoms with E-state index in [4.69, 9.17) is 5.73 Å². The van der Waals surface area contributed by atoms with Gasteiger partial charge in [0, 0.05) is 30.9 Å². The van der Waals surface area contributed by atoms with Crippen molar-refractivity contribution < 1.29 is 9.59 Å². The van der Waals surface area contributed by atoms with Crippen LogP contribution in [0.4, 0.5) is 5.69 Å². The first kappa shape index (κ1) is 13.8. The Hall–Kier alpha value is -2.15. The van der Waals surface area contributed by atoms with E-state index in [-0.39, 0.29) is 11.8 Å². The van der Waals surface area contributed by atoms with E-state index in [1.165, 1.54) is 11.3 Å². The van der Waals surface area contributed by atoms with Gasteiger partial charge in [0.05, 0.1) is 10.4 Å². The first-order valence-electron chi connectivity index (χ1n) is 6.65. The van der Waals surface area contributed by atoms with Gasteiger partial charge < -0.3 is 16.0 Å². The number of amides is 2. The summed E-state index contributed by atoms with van der Waals surface area (Å²) in [6.07, 6.45) is 3.35. The minimum atomic E-state index is -0.879. The molecular weight excluding hydrogens is 288 g/mol. The van der Waals surface area contributed by atoms with Gasteiger partial charge in [-0.25, -0.2) is 0 Å². The molecule has 0 unspecified atom stereocenters. The van der Waals surface area contributed by atoms with E-state index >= 15 is 0 Å². The van der Waals surface area contributed by atoms with Gasteiger partial charge in [0.25, 0.3) is 5.91 Å². The van der Waals surface area contributed by atoms with Crippen LogP contribution in [0.25, 0.3) is 10.1 Å². The average Bonchev–Trinajstić information content (AvgIpc) is 2.79. The number of aromatic nitrogens is 1. The van der Waals surface area contributed by atoms with Crippen molar-refractivity contribution >= 4 is 38.9 Å². The van der Waals surface area contributed by atoms with Crippen molar-refractivity contribution in [2.45, 2.75) is 19.4 Å². The average molecular weight is 304 g/mol. The second kappa shape index (κ2) is 4.70. The van der Waals surface area contributed by atoms with Gasteiger partial charge in [-0.15, -0.1) is 11.3 Å². The highest BCUT2D eigenvalue weighted by molar-refractivity contribution is 7.21. The van der Waals surface area contributed by atoms with Crippen molar-refractivity contribution in [3.8, 4) is 0 Å². The maximum atomic E-state index is 12.8. The number of hydrogen-bond donors (Lipinski definition) is 2. The molecule has 0 spiro atoms. The van der Waals surface area contributed by atoms with Crippen LogP contribution in [0, 0.1) is 0 Å². The van der Waals surface area contributed by atoms with Crippen LogP contribution in [0.15, 0.2) is 18.5 Å². The fraction of sp³-hybridized carbons (Fsp3) is 0.357. The van der Waals surface area contributed by atoms with E-state index in [0.29, 0.717) is 23.7 Å². The number of thiophene rings is 1. The van der Waals surface area contributed by atoms with Crippen molar-refractivity contribution in [3.63, 3.8) is 0 Å². The second-order valence-corrected chi connectivity index (χ2v) is 6.54. The lowest BCUT2D eigenvalue weighted by atomic mass is 9.98. The Morgan fingerprint density at radius 2 is 2.29 bits per heavy atom. The summed E-state index contributed by atoms with van der Waals surface area (Å²) in [5.41, 5.74) is 5.69. The predicted molar refractivity (Wildman–Crippen MR) is 82.2 cm³/mol. The van der Waals surface area contributed by atoms with Crippen LogP contribution in [0.5, 0.6) is 0 Å². The minimum Gasteiger partial charge on any atom is -0.397 e. The Kier molecular flexibility index (Phi) is 3.09. The summed E-state index contributed by atoms with van der Waals surface area (Å²) in [4.78, 5) is 30.9. The van der Waals surface area contributed by atoms with Gasteiger partial charge in [0.2, 0.25) is 5.91 Å². The van der Waals surface area contributed by atoms with Crippen LogP contribution < -0.4 is 11.1 Å². The molecule has 2 aromatic heterocycles. The predicted octanol–water partition coefficient (Wildman–Crippen LogP) is 1.23. The van der Waals surface area contributed by atoms with Crippen molar-refractivity contribution in [2.24, 2.45) is 0 Å². The summed E-state index contributed by atoms with van der Waals surface area (Å²) >= 11 is 1.32. The van der Waals surface area contributed by atoms with E-state index in [2.05, 4.69) is 10.3 Å². The van der Waals surface area contributed by atoms with Crippen molar-refractivity contribution in [3.05, 3.63) is 23.3 Å². The molecule has 2 amide bonds. The lowest BCUT2D eigenvalue weighted by Gasteiger charge is -2.41. The number of fused-ring (bicyclic) bond motifs is 1. The molecule has 6 nitrogen and oxygen atoms in total. The number of nitrogens with two attached hydrogens (primary N) is 1. The highest BCUT2D eigenvalue weighted by atomic mass is 32.1. The normalized spacial score (nSPS) is 17.8. The van der Waals surface area contributed by atoms with Crippen LogP contribution >= 0.6 is 11.3 Å². The van der Waals surface area contributed by atoms with Gasteiger partial charge in [0.15, 0.2) is 0 Å². The van der Waals surface area contributed by atoms with Crippen molar-refractivity contribution in [2.75, 3.05) is 18.8 Å². The highest BCUT2D eigenvalue weighted by Crippen LogP contribution is 2.35. The third-order valence-corrected chi connectivity index (χ3v) is 4.97. The zero-order chi connectivity index (χ0) is 15.2. The number of carbonyl (C=O) groups is 2. The quantitative estimate of drug-likeness (QED) is 0.829. The molecule has 0 aromatic carbocycles. The van der Waals surface area contributed by atoms with Gasteiger partial charge in [-0.1, -0.05) is 0 Å². The maximum Gasteiger partial charge on any atom is 0.267 e. The molecule has 1 saturated heterocycles. The number of rotatable bonds is 1. The lowest BCUT2D eigenvalue weighted by Crippen LogP contribution is -2.63. The van der Waals surface area contributed by atoms with E-state index < -0.39 is 5.54 Å². The Morgan fingerprint density at radius 3 is 3.00 bits per heavy atom. The molecule has 2 aromatic rings. The lowest BCUT2D eigenvalue weighted by molar-refractivity contribution is -0.133. The summed E-state index contributed by atoms with van der Waals surface area (Å²) in [7, 11) is 0. The Morgan fingerprint density at radius 1 is 1.52 bits per heavy atom. The number of pyridine rings is 1. The van der Waals surface area contributed by atoms with Gasteiger partial charge in [-0.05, 0) is 19.9 Å². The number of nitrogens with one attached hydrogen (secondary N) is 1. The number of nitrogen functional groups attached to an aromatic ring is 1. The number of nitrogens with zero attached hydrogens (tertiary/aromatic N) is 2. The molecule has 0 radical (unpaired) electrons. The van der Waals surface area contributed by atoms with Crippen LogP contribution in [0.1, 0.15) is 23.5 Å². The molecule has 110 valence electrons. The minimum absolute atomic E-state index is 0.150. The van der Waals surface area contributed by atoms with E-state index in [1.54, 1.807) is 37.2 Å². The number of carbonyl (C=O) groups excluding carboxylic acids is 2. The van der Waals surface area contributed by atoms with E-state index in [1.807, 2.05) is 0 Å². The molecule has 7 heteroatoms. The van der Waals surface area contributed by atoms with Crippen LogP contribution in [0.2, 0.25) is 0 Å². The number of piperazine rings is 1. The van der Waals surface area contributed by atoms with Crippen LogP contribution in [-0.4, -0.2) is 40.3 Å². The third-order valence-electron chi connectivity index (χ3n) is 3.82. The molecule has 3 rings (SSSR count). The molecule has 1 aliphatic rings. The van der Waals surface area contributed by atoms with E-state index in [0.717, 1.165) is 10.1 Å². The molecule has 1 aliphatic heterocycles. The Labute approximate surface area is 125 Å². The summed E-state index contributed by atoms with van der Waals surface area (Å²) in [5.74, 6) is -0.350. The summed E-state index contributed by atoms with van der Waals surface area (Å²) in [6, 6.07) is 1.80. The molecule has 21 heavy (non-hydrogen) atoms.